The Morgan fingerprint density at radius 2 is 1.67 bits per heavy atom. The molecule has 0 aromatic carbocycles. The molecule has 88 valence electrons. The molecule has 1 heterocycles. The molecule has 2 rings (SSSR count). The summed E-state index contributed by atoms with van der Waals surface area (Å²) < 4.78 is 6.10. The fraction of sp³-hybridized carbons (Fsp3) is 1.00. The highest BCUT2D eigenvalue weighted by Crippen LogP contribution is 2.31. The Hall–Kier alpha value is -0.0800. The molecule has 0 bridgehead atoms. The molecule has 1 aliphatic heterocycles. The first-order valence-electron chi connectivity index (χ1n) is 6.54. The molecule has 2 heteroatoms. The fourth-order valence-corrected chi connectivity index (χ4v) is 2.74. The third-order valence-electron chi connectivity index (χ3n) is 3.92. The minimum atomic E-state index is 0.553. The molecule has 2 aliphatic rings. The highest BCUT2D eigenvalue weighted by molar-refractivity contribution is 4.81. The lowest BCUT2D eigenvalue weighted by molar-refractivity contribution is -0.0923. The van der Waals surface area contributed by atoms with Crippen molar-refractivity contribution in [2.24, 2.45) is 5.92 Å². The average Bonchev–Trinajstić information content (AvgIpc) is 2.16. The summed E-state index contributed by atoms with van der Waals surface area (Å²) in [6, 6.07) is 0.703. The lowest BCUT2D eigenvalue weighted by Crippen LogP contribution is -2.43. The normalized spacial score (nSPS) is 34.4. The molecule has 2 fully saturated rings. The van der Waals surface area contributed by atoms with Crippen molar-refractivity contribution in [2.45, 2.75) is 64.7 Å². The first-order valence-corrected chi connectivity index (χ1v) is 6.54. The molecule has 0 amide bonds. The van der Waals surface area contributed by atoms with Crippen molar-refractivity contribution in [1.29, 1.82) is 0 Å². The Morgan fingerprint density at radius 3 is 2.13 bits per heavy atom. The van der Waals surface area contributed by atoms with Gasteiger partial charge in [0.2, 0.25) is 0 Å². The van der Waals surface area contributed by atoms with Crippen LogP contribution in [-0.2, 0) is 4.74 Å². The van der Waals surface area contributed by atoms with E-state index in [1.165, 1.54) is 38.8 Å². The molecule has 2 nitrogen and oxygen atoms in total. The standard InChI is InChI=1S/C13H25NO/c1-10(2)14-6-4-12(5-7-14)15-13-8-11(3)9-13/h10-13H,4-9H2,1-3H3. The number of hydrogen-bond acceptors (Lipinski definition) is 2. The molecule has 0 atom stereocenters. The zero-order chi connectivity index (χ0) is 10.8. The molecule has 0 unspecified atom stereocenters. The van der Waals surface area contributed by atoms with E-state index in [4.69, 9.17) is 4.74 Å². The predicted molar refractivity (Wildman–Crippen MR) is 63.0 cm³/mol. The monoisotopic (exact) mass is 211 g/mol. The van der Waals surface area contributed by atoms with E-state index in [9.17, 15) is 0 Å². The number of piperidine rings is 1. The van der Waals surface area contributed by atoms with Crippen LogP contribution in [0.15, 0.2) is 0 Å². The van der Waals surface area contributed by atoms with Gasteiger partial charge in [0, 0.05) is 19.1 Å². The lowest BCUT2D eigenvalue weighted by Gasteiger charge is -2.39. The molecule has 1 saturated carbocycles. The Bertz CT molecular complexity index is 191. The van der Waals surface area contributed by atoms with Gasteiger partial charge < -0.3 is 9.64 Å². The van der Waals surface area contributed by atoms with Crippen molar-refractivity contribution in [3.63, 3.8) is 0 Å². The Kier molecular flexibility index (Phi) is 3.68. The molecule has 0 spiro atoms. The van der Waals surface area contributed by atoms with Gasteiger partial charge in [0.15, 0.2) is 0 Å². The van der Waals surface area contributed by atoms with Gasteiger partial charge in [0.05, 0.1) is 12.2 Å². The second-order valence-corrected chi connectivity index (χ2v) is 5.66. The molecular weight excluding hydrogens is 186 g/mol. The molecular formula is C13H25NO. The van der Waals surface area contributed by atoms with E-state index in [1.54, 1.807) is 0 Å². The Morgan fingerprint density at radius 1 is 1.07 bits per heavy atom. The second kappa shape index (κ2) is 4.84. The summed E-state index contributed by atoms with van der Waals surface area (Å²) >= 11 is 0. The molecule has 0 N–H and O–H groups in total. The predicted octanol–water partition coefficient (Wildman–Crippen LogP) is 2.67. The number of hydrogen-bond donors (Lipinski definition) is 0. The van der Waals surface area contributed by atoms with Gasteiger partial charge in [-0.1, -0.05) is 6.92 Å². The van der Waals surface area contributed by atoms with Crippen molar-refractivity contribution >= 4 is 0 Å². The highest BCUT2D eigenvalue weighted by atomic mass is 16.5. The number of likely N-dealkylation sites (tertiary alicyclic amines) is 1. The topological polar surface area (TPSA) is 12.5 Å². The molecule has 0 radical (unpaired) electrons. The summed E-state index contributed by atoms with van der Waals surface area (Å²) in [5.74, 6) is 0.908. The van der Waals surface area contributed by atoms with Gasteiger partial charge in [-0.3, -0.25) is 0 Å². The van der Waals surface area contributed by atoms with Crippen molar-refractivity contribution < 1.29 is 4.74 Å². The highest BCUT2D eigenvalue weighted by Gasteiger charge is 2.30. The van der Waals surface area contributed by atoms with Crippen LogP contribution in [0.1, 0.15) is 46.5 Å². The zero-order valence-electron chi connectivity index (χ0n) is 10.4. The van der Waals surface area contributed by atoms with Crippen molar-refractivity contribution in [3.8, 4) is 0 Å². The fourth-order valence-electron chi connectivity index (χ4n) is 2.74. The summed E-state index contributed by atoms with van der Waals surface area (Å²) in [4.78, 5) is 2.56. The number of ether oxygens (including phenoxy) is 1. The van der Waals surface area contributed by atoms with Gasteiger partial charge in [-0.15, -0.1) is 0 Å². The molecule has 0 aromatic heterocycles. The van der Waals surface area contributed by atoms with Crippen LogP contribution in [0, 0.1) is 5.92 Å². The van der Waals surface area contributed by atoms with E-state index >= 15 is 0 Å². The SMILES string of the molecule is CC1CC(OC2CCN(C(C)C)CC2)C1. The van der Waals surface area contributed by atoms with Crippen LogP contribution >= 0.6 is 0 Å². The third-order valence-corrected chi connectivity index (χ3v) is 3.92. The van der Waals surface area contributed by atoms with E-state index in [-0.39, 0.29) is 0 Å². The van der Waals surface area contributed by atoms with Crippen LogP contribution in [0.25, 0.3) is 0 Å². The Labute approximate surface area is 94.0 Å². The van der Waals surface area contributed by atoms with Crippen LogP contribution < -0.4 is 0 Å². The van der Waals surface area contributed by atoms with E-state index in [1.807, 2.05) is 0 Å². The molecule has 0 aromatic rings. The minimum absolute atomic E-state index is 0.553. The van der Waals surface area contributed by atoms with Crippen LogP contribution in [0.4, 0.5) is 0 Å². The summed E-state index contributed by atoms with van der Waals surface area (Å²) in [6.45, 7) is 9.35. The maximum atomic E-state index is 6.10. The van der Waals surface area contributed by atoms with E-state index < -0.39 is 0 Å². The molecule has 1 aliphatic carbocycles. The van der Waals surface area contributed by atoms with Crippen molar-refractivity contribution in [2.75, 3.05) is 13.1 Å². The summed E-state index contributed by atoms with van der Waals surface area (Å²) in [7, 11) is 0. The first-order chi connectivity index (χ1) is 7.15. The summed E-state index contributed by atoms with van der Waals surface area (Å²) in [6.07, 6.45) is 6.22. The van der Waals surface area contributed by atoms with E-state index in [0.29, 0.717) is 18.2 Å². The van der Waals surface area contributed by atoms with Crippen LogP contribution in [0.3, 0.4) is 0 Å². The van der Waals surface area contributed by atoms with Crippen molar-refractivity contribution in [3.05, 3.63) is 0 Å². The smallest absolute Gasteiger partial charge is 0.0603 e. The van der Waals surface area contributed by atoms with Gasteiger partial charge in [-0.25, -0.2) is 0 Å². The Balaban J connectivity index is 1.65. The van der Waals surface area contributed by atoms with E-state index in [0.717, 1.165) is 5.92 Å². The largest absolute Gasteiger partial charge is 0.375 e. The van der Waals surface area contributed by atoms with Gasteiger partial charge >= 0.3 is 0 Å². The summed E-state index contributed by atoms with van der Waals surface area (Å²) in [5, 5.41) is 0. The van der Waals surface area contributed by atoms with Gasteiger partial charge in [0.1, 0.15) is 0 Å². The maximum absolute atomic E-state index is 6.10. The van der Waals surface area contributed by atoms with E-state index in [2.05, 4.69) is 25.7 Å². The van der Waals surface area contributed by atoms with Crippen LogP contribution in [0.2, 0.25) is 0 Å². The van der Waals surface area contributed by atoms with Crippen LogP contribution in [0.5, 0.6) is 0 Å². The molecule has 15 heavy (non-hydrogen) atoms. The third kappa shape index (κ3) is 2.94. The maximum Gasteiger partial charge on any atom is 0.0603 e. The second-order valence-electron chi connectivity index (χ2n) is 5.66. The van der Waals surface area contributed by atoms with Gasteiger partial charge in [-0.05, 0) is 45.4 Å². The average molecular weight is 211 g/mol. The summed E-state index contributed by atoms with van der Waals surface area (Å²) in [5.41, 5.74) is 0. The number of nitrogens with zero attached hydrogens (tertiary/aromatic N) is 1. The number of rotatable bonds is 3. The molecule has 1 saturated heterocycles. The first kappa shape index (κ1) is 11.4. The zero-order valence-corrected chi connectivity index (χ0v) is 10.4. The van der Waals surface area contributed by atoms with Crippen LogP contribution in [-0.4, -0.2) is 36.2 Å². The lowest BCUT2D eigenvalue weighted by atomic mass is 9.84. The van der Waals surface area contributed by atoms with Gasteiger partial charge in [0.25, 0.3) is 0 Å². The quantitative estimate of drug-likeness (QED) is 0.711. The van der Waals surface area contributed by atoms with Gasteiger partial charge in [-0.2, -0.15) is 0 Å². The minimum Gasteiger partial charge on any atom is -0.375 e. The van der Waals surface area contributed by atoms with Crippen molar-refractivity contribution in [1.82, 2.24) is 4.90 Å².